The molecule has 34 heavy (non-hydrogen) atoms. The third kappa shape index (κ3) is 6.19. The quantitative estimate of drug-likeness (QED) is 0.290. The third-order valence-electron chi connectivity index (χ3n) is 5.72. The minimum Gasteiger partial charge on any atom is -0.361 e. The lowest BCUT2D eigenvalue weighted by Gasteiger charge is -2.35. The Morgan fingerprint density at radius 1 is 1.09 bits per heavy atom. The summed E-state index contributed by atoms with van der Waals surface area (Å²) in [7, 11) is -1.22. The van der Waals surface area contributed by atoms with Gasteiger partial charge in [0, 0.05) is 64.2 Å². The Balaban J connectivity index is 1.55. The molecule has 0 N–H and O–H groups in total. The highest BCUT2D eigenvalue weighted by Crippen LogP contribution is 2.33. The van der Waals surface area contributed by atoms with Crippen LogP contribution in [0.25, 0.3) is 11.3 Å². The second kappa shape index (κ2) is 10.1. The van der Waals surface area contributed by atoms with E-state index < -0.39 is 19.8 Å². The van der Waals surface area contributed by atoms with Crippen LogP contribution in [0.4, 0.5) is 24.3 Å². The number of imidazole rings is 1. The van der Waals surface area contributed by atoms with Gasteiger partial charge in [0.1, 0.15) is 6.73 Å². The molecule has 6 nitrogen and oxygen atoms in total. The average Bonchev–Trinajstić information content (AvgIpc) is 3.46. The summed E-state index contributed by atoms with van der Waals surface area (Å²) in [4.78, 5) is 13.6. The Labute approximate surface area is 203 Å². The van der Waals surface area contributed by atoms with Crippen molar-refractivity contribution in [2.24, 2.45) is 0 Å². The van der Waals surface area contributed by atoms with Gasteiger partial charge in [0.05, 0.1) is 11.3 Å². The van der Waals surface area contributed by atoms with E-state index >= 15 is 0 Å². The molecule has 0 aliphatic carbocycles. The normalized spacial score (nSPS) is 15.2. The van der Waals surface area contributed by atoms with Crippen LogP contribution in [0, 0.1) is 0 Å². The molecule has 3 aromatic rings. The van der Waals surface area contributed by atoms with Gasteiger partial charge in [0.15, 0.2) is 5.13 Å². The summed E-state index contributed by atoms with van der Waals surface area (Å²) >= 11 is 1.62. The van der Waals surface area contributed by atoms with Crippen LogP contribution in [0.1, 0.15) is 5.56 Å². The number of halogens is 3. The molecule has 1 aliphatic heterocycles. The first-order chi connectivity index (χ1) is 16.1. The molecule has 0 unspecified atom stereocenters. The van der Waals surface area contributed by atoms with E-state index in [2.05, 4.69) is 34.4 Å². The highest BCUT2D eigenvalue weighted by molar-refractivity contribution is 7.13. The van der Waals surface area contributed by atoms with E-state index in [-0.39, 0.29) is 0 Å². The van der Waals surface area contributed by atoms with Crippen LogP contribution in [-0.2, 0) is 17.6 Å². The Morgan fingerprint density at radius 3 is 2.47 bits per heavy atom. The first-order valence-corrected chi connectivity index (χ1v) is 15.9. The standard InChI is InChI=1S/C23H30F3N5OSSi/c1-34(2,3)14-12-32-17-31-16-20(18-5-4-6-19(15-18)23(24,25)26)28-21(31)29-8-10-30(11-9-29)22-27-7-13-33-22/h4-7,13,15-16H,8-12,14,17H2,1-3H3. The van der Waals surface area contributed by atoms with Gasteiger partial charge in [-0.3, -0.25) is 4.57 Å². The van der Waals surface area contributed by atoms with Crippen LogP contribution in [-0.4, -0.2) is 55.4 Å². The van der Waals surface area contributed by atoms with Gasteiger partial charge in [-0.15, -0.1) is 11.3 Å². The monoisotopic (exact) mass is 509 g/mol. The van der Waals surface area contributed by atoms with Gasteiger partial charge in [0.25, 0.3) is 0 Å². The van der Waals surface area contributed by atoms with Crippen LogP contribution in [0.5, 0.6) is 0 Å². The molecule has 1 aliphatic rings. The van der Waals surface area contributed by atoms with Crippen molar-refractivity contribution in [2.75, 3.05) is 42.6 Å². The number of hydrogen-bond acceptors (Lipinski definition) is 6. The number of rotatable bonds is 8. The molecule has 1 saturated heterocycles. The number of thiazole rings is 1. The van der Waals surface area contributed by atoms with Crippen LogP contribution >= 0.6 is 11.3 Å². The number of hydrogen-bond donors (Lipinski definition) is 0. The average molecular weight is 510 g/mol. The smallest absolute Gasteiger partial charge is 0.361 e. The SMILES string of the molecule is C[Si](C)(C)CCOCn1cc(-c2cccc(C(F)(F)F)c2)nc1N1CCN(c2nccs2)CC1. The fourth-order valence-corrected chi connectivity index (χ4v) is 5.21. The summed E-state index contributed by atoms with van der Waals surface area (Å²) in [6, 6.07) is 6.37. The van der Waals surface area contributed by atoms with Gasteiger partial charge < -0.3 is 14.5 Å². The second-order valence-corrected chi connectivity index (χ2v) is 16.1. The number of aromatic nitrogens is 3. The molecule has 0 bridgehead atoms. The van der Waals surface area contributed by atoms with Gasteiger partial charge in [0.2, 0.25) is 5.95 Å². The summed E-state index contributed by atoms with van der Waals surface area (Å²) in [5, 5.41) is 2.97. The van der Waals surface area contributed by atoms with Crippen molar-refractivity contribution >= 4 is 30.5 Å². The van der Waals surface area contributed by atoms with Gasteiger partial charge in [-0.25, -0.2) is 9.97 Å². The zero-order chi connectivity index (χ0) is 24.3. The number of piperazine rings is 1. The topological polar surface area (TPSA) is 46.4 Å². The molecule has 0 spiro atoms. The minimum absolute atomic E-state index is 0.318. The fourth-order valence-electron chi connectivity index (χ4n) is 3.76. The van der Waals surface area contributed by atoms with E-state index in [1.165, 1.54) is 6.07 Å². The maximum atomic E-state index is 13.3. The lowest BCUT2D eigenvalue weighted by atomic mass is 10.1. The third-order valence-corrected chi connectivity index (χ3v) is 8.26. The van der Waals surface area contributed by atoms with Gasteiger partial charge >= 0.3 is 6.18 Å². The molecular formula is C23H30F3N5OSSi. The maximum absolute atomic E-state index is 13.3. The molecule has 184 valence electrons. The van der Waals surface area contributed by atoms with E-state index in [4.69, 9.17) is 9.72 Å². The van der Waals surface area contributed by atoms with Crippen LogP contribution < -0.4 is 9.80 Å². The van der Waals surface area contributed by atoms with Crippen LogP contribution in [0.15, 0.2) is 42.0 Å². The van der Waals surface area contributed by atoms with Crippen molar-refractivity contribution in [1.29, 1.82) is 0 Å². The maximum Gasteiger partial charge on any atom is 0.416 e. The summed E-state index contributed by atoms with van der Waals surface area (Å²) < 4.78 is 47.6. The largest absolute Gasteiger partial charge is 0.416 e. The molecule has 1 fully saturated rings. The van der Waals surface area contributed by atoms with Gasteiger partial charge in [-0.1, -0.05) is 31.8 Å². The highest BCUT2D eigenvalue weighted by atomic mass is 32.1. The zero-order valence-electron chi connectivity index (χ0n) is 19.7. The van der Waals surface area contributed by atoms with E-state index in [0.717, 1.165) is 55.4 Å². The van der Waals surface area contributed by atoms with Crippen molar-refractivity contribution in [1.82, 2.24) is 14.5 Å². The van der Waals surface area contributed by atoms with Crippen molar-refractivity contribution in [3.05, 3.63) is 47.6 Å². The predicted octanol–water partition coefficient (Wildman–Crippen LogP) is 5.66. The molecule has 0 atom stereocenters. The molecule has 0 amide bonds. The van der Waals surface area contributed by atoms with Crippen molar-refractivity contribution in [3.63, 3.8) is 0 Å². The predicted molar refractivity (Wildman–Crippen MR) is 133 cm³/mol. The second-order valence-electron chi connectivity index (χ2n) is 9.61. The number of ether oxygens (including phenoxy) is 1. The van der Waals surface area contributed by atoms with E-state index in [1.807, 2.05) is 9.95 Å². The molecule has 0 saturated carbocycles. The van der Waals surface area contributed by atoms with Crippen molar-refractivity contribution in [3.8, 4) is 11.3 Å². The Hall–Kier alpha value is -2.37. The molecule has 4 rings (SSSR count). The molecule has 1 aromatic carbocycles. The molecule has 0 radical (unpaired) electrons. The van der Waals surface area contributed by atoms with E-state index in [1.54, 1.807) is 29.8 Å². The minimum atomic E-state index is -4.40. The highest BCUT2D eigenvalue weighted by Gasteiger charge is 2.31. The van der Waals surface area contributed by atoms with Gasteiger partial charge in [-0.05, 0) is 18.2 Å². The summed E-state index contributed by atoms with van der Waals surface area (Å²) in [6.07, 6.45) is -0.793. The Morgan fingerprint density at radius 2 is 1.82 bits per heavy atom. The lowest BCUT2D eigenvalue weighted by Crippen LogP contribution is -2.47. The number of alkyl halides is 3. The van der Waals surface area contributed by atoms with Crippen LogP contribution in [0.3, 0.4) is 0 Å². The van der Waals surface area contributed by atoms with E-state index in [9.17, 15) is 13.2 Å². The van der Waals surface area contributed by atoms with Crippen molar-refractivity contribution in [2.45, 2.75) is 38.6 Å². The fraction of sp³-hybridized carbons (Fsp3) is 0.478. The number of nitrogens with zero attached hydrogens (tertiary/aromatic N) is 5. The number of benzene rings is 1. The molecule has 3 heterocycles. The molecule has 2 aromatic heterocycles. The van der Waals surface area contributed by atoms with E-state index in [0.29, 0.717) is 24.6 Å². The van der Waals surface area contributed by atoms with Crippen molar-refractivity contribution < 1.29 is 17.9 Å². The first-order valence-electron chi connectivity index (χ1n) is 11.3. The lowest BCUT2D eigenvalue weighted by molar-refractivity contribution is -0.137. The first kappa shape index (κ1) is 24.7. The summed E-state index contributed by atoms with van der Waals surface area (Å²) in [6.45, 7) is 11.0. The zero-order valence-corrected chi connectivity index (χ0v) is 21.5. The Bertz CT molecular complexity index is 1070. The van der Waals surface area contributed by atoms with Gasteiger partial charge in [-0.2, -0.15) is 13.2 Å². The van der Waals surface area contributed by atoms with Crippen LogP contribution in [0.2, 0.25) is 25.7 Å². The summed E-state index contributed by atoms with van der Waals surface area (Å²) in [5.41, 5.74) is 0.278. The number of anilines is 2. The molecular weight excluding hydrogens is 479 g/mol. The Kier molecular flexibility index (Phi) is 7.34. The summed E-state index contributed by atoms with van der Waals surface area (Å²) in [5.74, 6) is 0.721. The molecule has 11 heteroatoms.